The Morgan fingerprint density at radius 3 is 2.80 bits per heavy atom. The van der Waals surface area contributed by atoms with Gasteiger partial charge in [-0.15, -0.1) is 0 Å². The van der Waals surface area contributed by atoms with Crippen molar-refractivity contribution in [3.05, 3.63) is 29.6 Å². The lowest BCUT2D eigenvalue weighted by Crippen LogP contribution is -2.25. The highest BCUT2D eigenvalue weighted by atomic mass is 19.1. The molecule has 0 spiro atoms. The van der Waals surface area contributed by atoms with E-state index in [1.54, 1.807) is 6.07 Å². The Hall–Kier alpha value is -1.13. The van der Waals surface area contributed by atoms with Gasteiger partial charge >= 0.3 is 0 Å². The van der Waals surface area contributed by atoms with Gasteiger partial charge in [-0.1, -0.05) is 32.3 Å². The molecule has 0 aliphatic carbocycles. The highest BCUT2D eigenvalue weighted by Gasteiger charge is 2.06. The lowest BCUT2D eigenvalue weighted by atomic mass is 10.2. The average Bonchev–Trinajstić information content (AvgIpc) is 2.41. The van der Waals surface area contributed by atoms with Crippen molar-refractivity contribution in [3.8, 4) is 0 Å². The van der Waals surface area contributed by atoms with E-state index in [-0.39, 0.29) is 19.0 Å². The summed E-state index contributed by atoms with van der Waals surface area (Å²) in [5, 5.41) is 12.6. The summed E-state index contributed by atoms with van der Waals surface area (Å²) >= 11 is 0. The van der Waals surface area contributed by atoms with E-state index >= 15 is 0 Å². The number of aliphatic hydroxyl groups excluding tert-OH is 1. The quantitative estimate of drug-likeness (QED) is 0.646. The van der Waals surface area contributed by atoms with Crippen LogP contribution in [-0.4, -0.2) is 31.0 Å². The summed E-state index contributed by atoms with van der Waals surface area (Å²) in [4.78, 5) is 0. The Balaban J connectivity index is 2.14. The van der Waals surface area contributed by atoms with E-state index in [1.165, 1.54) is 25.3 Å². The second-order valence-electron chi connectivity index (χ2n) is 5.15. The molecule has 0 aliphatic rings. The lowest BCUT2D eigenvalue weighted by Gasteiger charge is -2.14. The maximum Gasteiger partial charge on any atom is 0.146 e. The minimum atomic E-state index is -0.623. The molecule has 0 aromatic heterocycles. The van der Waals surface area contributed by atoms with Gasteiger partial charge in [-0.25, -0.2) is 4.39 Å². The van der Waals surface area contributed by atoms with Crippen LogP contribution in [0.4, 0.5) is 10.1 Å². The Bertz CT molecular complexity index is 385. The van der Waals surface area contributed by atoms with Crippen molar-refractivity contribution in [3.63, 3.8) is 0 Å². The molecule has 0 saturated heterocycles. The lowest BCUT2D eigenvalue weighted by molar-refractivity contribution is 0.0416. The highest BCUT2D eigenvalue weighted by molar-refractivity contribution is 5.46. The summed E-state index contributed by atoms with van der Waals surface area (Å²) in [5.41, 5.74) is 1.29. The molecule has 4 heteroatoms. The van der Waals surface area contributed by atoms with Crippen LogP contribution in [0.1, 0.15) is 38.2 Å². The fourth-order valence-corrected chi connectivity index (χ4v) is 1.90. The summed E-state index contributed by atoms with van der Waals surface area (Å²) in [7, 11) is 0. The average molecular weight is 283 g/mol. The fraction of sp³-hybridized carbons (Fsp3) is 0.625. The predicted molar refractivity (Wildman–Crippen MR) is 80.6 cm³/mol. The normalized spacial score (nSPS) is 12.4. The van der Waals surface area contributed by atoms with Gasteiger partial charge in [0.1, 0.15) is 5.82 Å². The first-order valence-electron chi connectivity index (χ1n) is 7.39. The van der Waals surface area contributed by atoms with Crippen LogP contribution in [0.25, 0.3) is 0 Å². The van der Waals surface area contributed by atoms with Crippen LogP contribution in [-0.2, 0) is 4.74 Å². The molecular weight excluding hydrogens is 257 g/mol. The molecule has 3 nitrogen and oxygen atoms in total. The van der Waals surface area contributed by atoms with Gasteiger partial charge in [0.25, 0.3) is 0 Å². The molecular formula is C16H26FNO2. The Morgan fingerprint density at radius 1 is 1.30 bits per heavy atom. The van der Waals surface area contributed by atoms with E-state index in [4.69, 9.17) is 4.74 Å². The van der Waals surface area contributed by atoms with Crippen LogP contribution in [0.2, 0.25) is 0 Å². The second-order valence-corrected chi connectivity index (χ2v) is 5.15. The smallest absolute Gasteiger partial charge is 0.146 e. The number of nitrogens with one attached hydrogen (secondary N) is 1. The number of aryl methyl sites for hydroxylation is 1. The van der Waals surface area contributed by atoms with Gasteiger partial charge in [0.15, 0.2) is 0 Å². The molecule has 0 saturated carbocycles. The summed E-state index contributed by atoms with van der Waals surface area (Å²) in [6, 6.07) is 4.99. The van der Waals surface area contributed by atoms with Gasteiger partial charge in [0.05, 0.1) is 18.4 Å². The molecule has 0 heterocycles. The molecule has 0 fully saturated rings. The summed E-state index contributed by atoms with van der Waals surface area (Å²) < 4.78 is 18.9. The molecule has 0 radical (unpaired) electrons. The third-order valence-corrected chi connectivity index (χ3v) is 3.11. The molecule has 114 valence electrons. The topological polar surface area (TPSA) is 41.5 Å². The van der Waals surface area contributed by atoms with E-state index in [9.17, 15) is 9.50 Å². The van der Waals surface area contributed by atoms with Gasteiger partial charge in [-0.2, -0.15) is 0 Å². The molecule has 1 aromatic rings. The summed E-state index contributed by atoms with van der Waals surface area (Å²) in [5.74, 6) is -0.294. The number of hydrogen-bond acceptors (Lipinski definition) is 3. The Morgan fingerprint density at radius 2 is 2.10 bits per heavy atom. The van der Waals surface area contributed by atoms with Gasteiger partial charge in [0.2, 0.25) is 0 Å². The maximum atomic E-state index is 13.6. The molecule has 2 N–H and O–H groups in total. The zero-order valence-electron chi connectivity index (χ0n) is 12.5. The largest absolute Gasteiger partial charge is 0.389 e. The summed E-state index contributed by atoms with van der Waals surface area (Å²) in [6.45, 7) is 5.26. The molecule has 1 rings (SSSR count). The molecule has 1 unspecified atom stereocenters. The number of rotatable bonds is 10. The third-order valence-electron chi connectivity index (χ3n) is 3.11. The van der Waals surface area contributed by atoms with Crippen LogP contribution in [0, 0.1) is 12.7 Å². The van der Waals surface area contributed by atoms with Crippen LogP contribution in [0.15, 0.2) is 18.2 Å². The van der Waals surface area contributed by atoms with Crippen LogP contribution < -0.4 is 5.32 Å². The number of unbranched alkanes of at least 4 members (excludes halogenated alkanes) is 3. The minimum Gasteiger partial charge on any atom is -0.389 e. The summed E-state index contributed by atoms with van der Waals surface area (Å²) in [6.07, 6.45) is 4.00. The van der Waals surface area contributed by atoms with Crippen molar-refractivity contribution in [2.75, 3.05) is 25.1 Å². The Kier molecular flexibility index (Phi) is 8.23. The number of hydrogen-bond donors (Lipinski definition) is 2. The van der Waals surface area contributed by atoms with Crippen molar-refractivity contribution >= 4 is 5.69 Å². The van der Waals surface area contributed by atoms with E-state index in [0.717, 1.165) is 12.0 Å². The SMILES string of the molecule is CCCCCCOCC(O)CNc1ccc(C)cc1F. The molecule has 0 aliphatic heterocycles. The number of ether oxygens (including phenoxy) is 1. The van der Waals surface area contributed by atoms with Gasteiger partial charge < -0.3 is 15.2 Å². The first-order valence-corrected chi connectivity index (χ1v) is 7.39. The van der Waals surface area contributed by atoms with Crippen molar-refractivity contribution < 1.29 is 14.2 Å². The van der Waals surface area contributed by atoms with E-state index in [2.05, 4.69) is 12.2 Å². The second kappa shape index (κ2) is 9.72. The molecule has 1 aromatic carbocycles. The van der Waals surface area contributed by atoms with Crippen LogP contribution >= 0.6 is 0 Å². The van der Waals surface area contributed by atoms with E-state index in [0.29, 0.717) is 12.3 Å². The number of benzene rings is 1. The zero-order chi connectivity index (χ0) is 14.8. The van der Waals surface area contributed by atoms with Crippen LogP contribution in [0.3, 0.4) is 0 Å². The third kappa shape index (κ3) is 6.87. The number of anilines is 1. The molecule has 20 heavy (non-hydrogen) atoms. The van der Waals surface area contributed by atoms with Gasteiger partial charge in [0, 0.05) is 13.2 Å². The number of aliphatic hydroxyl groups is 1. The van der Waals surface area contributed by atoms with E-state index in [1.807, 2.05) is 13.0 Å². The zero-order valence-corrected chi connectivity index (χ0v) is 12.5. The van der Waals surface area contributed by atoms with Gasteiger partial charge in [-0.05, 0) is 31.0 Å². The Labute approximate surface area is 121 Å². The van der Waals surface area contributed by atoms with Crippen molar-refractivity contribution in [2.45, 2.75) is 45.6 Å². The monoisotopic (exact) mass is 283 g/mol. The van der Waals surface area contributed by atoms with Gasteiger partial charge in [-0.3, -0.25) is 0 Å². The first-order chi connectivity index (χ1) is 9.63. The molecule has 0 amide bonds. The minimum absolute atomic E-state index is 0.284. The predicted octanol–water partition coefficient (Wildman–Crippen LogP) is 3.50. The van der Waals surface area contributed by atoms with Crippen molar-refractivity contribution in [1.82, 2.24) is 0 Å². The highest BCUT2D eigenvalue weighted by Crippen LogP contribution is 2.15. The standard InChI is InChI=1S/C16H26FNO2/c1-3-4-5-6-9-20-12-14(19)11-18-16-8-7-13(2)10-15(16)17/h7-8,10,14,18-19H,3-6,9,11-12H2,1-2H3. The van der Waals surface area contributed by atoms with Crippen LogP contribution in [0.5, 0.6) is 0 Å². The first kappa shape index (κ1) is 16.9. The van der Waals surface area contributed by atoms with Crippen molar-refractivity contribution in [1.29, 1.82) is 0 Å². The molecule has 1 atom stereocenters. The molecule has 0 bridgehead atoms. The number of halogens is 1. The fourth-order valence-electron chi connectivity index (χ4n) is 1.90. The van der Waals surface area contributed by atoms with E-state index < -0.39 is 6.10 Å². The van der Waals surface area contributed by atoms with Crippen molar-refractivity contribution in [2.24, 2.45) is 0 Å². The maximum absolute atomic E-state index is 13.6.